The van der Waals surface area contributed by atoms with Gasteiger partial charge in [-0.1, -0.05) is 15.9 Å². The lowest BCUT2D eigenvalue weighted by atomic mass is 10.1. The number of fused-ring (bicyclic) bond motifs is 1. The van der Waals surface area contributed by atoms with Gasteiger partial charge in [-0.3, -0.25) is 10.1 Å². The maximum Gasteiger partial charge on any atom is 0.336 e. The molecule has 0 radical (unpaired) electrons. The zero-order valence-corrected chi connectivity index (χ0v) is 15.7. The SMILES string of the molecule is O=c1cc(CNc2cc([N+](=O)[O-])ccc2NCCO)c2ccc(Br)cc2o1. The van der Waals surface area contributed by atoms with Crippen molar-refractivity contribution in [2.75, 3.05) is 23.8 Å². The molecule has 3 rings (SSSR count). The molecule has 0 aliphatic carbocycles. The second-order valence-electron chi connectivity index (χ2n) is 5.72. The molecule has 3 N–H and O–H groups in total. The molecule has 0 saturated carbocycles. The van der Waals surface area contributed by atoms with Crippen molar-refractivity contribution >= 4 is 44.0 Å². The first kappa shape index (κ1) is 18.9. The minimum Gasteiger partial charge on any atom is -0.423 e. The molecule has 0 aliphatic heterocycles. The van der Waals surface area contributed by atoms with Crippen LogP contribution in [0.5, 0.6) is 0 Å². The van der Waals surface area contributed by atoms with Gasteiger partial charge in [0.05, 0.1) is 22.9 Å². The number of benzene rings is 2. The number of anilines is 2. The summed E-state index contributed by atoms with van der Waals surface area (Å²) in [6, 6.07) is 11.1. The highest BCUT2D eigenvalue weighted by Gasteiger charge is 2.12. The van der Waals surface area contributed by atoms with E-state index in [-0.39, 0.29) is 18.8 Å². The molecular weight excluding hydrogens is 418 g/mol. The number of non-ortho nitro benzene ring substituents is 1. The summed E-state index contributed by atoms with van der Waals surface area (Å²) >= 11 is 3.34. The van der Waals surface area contributed by atoms with E-state index in [1.807, 2.05) is 12.1 Å². The van der Waals surface area contributed by atoms with Gasteiger partial charge in [-0.05, 0) is 29.8 Å². The minimum absolute atomic E-state index is 0.0617. The number of nitrogens with one attached hydrogen (secondary N) is 2. The molecule has 2 aromatic carbocycles. The molecule has 3 aromatic rings. The Morgan fingerprint density at radius 2 is 1.93 bits per heavy atom. The second kappa shape index (κ2) is 8.19. The van der Waals surface area contributed by atoms with Crippen LogP contribution in [-0.4, -0.2) is 23.2 Å². The Bertz CT molecular complexity index is 1050. The zero-order valence-electron chi connectivity index (χ0n) is 14.1. The minimum atomic E-state index is -0.481. The molecule has 27 heavy (non-hydrogen) atoms. The molecule has 0 fully saturated rings. The van der Waals surface area contributed by atoms with E-state index < -0.39 is 10.5 Å². The van der Waals surface area contributed by atoms with Gasteiger partial charge < -0.3 is 20.2 Å². The van der Waals surface area contributed by atoms with E-state index in [2.05, 4.69) is 26.6 Å². The number of rotatable bonds is 7. The Morgan fingerprint density at radius 3 is 2.67 bits per heavy atom. The van der Waals surface area contributed by atoms with Crippen LogP contribution in [0.15, 0.2) is 56.1 Å². The van der Waals surface area contributed by atoms with Crippen LogP contribution < -0.4 is 16.3 Å². The smallest absolute Gasteiger partial charge is 0.336 e. The molecule has 1 heterocycles. The third-order valence-corrected chi connectivity index (χ3v) is 4.40. The Balaban J connectivity index is 1.94. The van der Waals surface area contributed by atoms with Crippen molar-refractivity contribution in [2.45, 2.75) is 6.54 Å². The summed E-state index contributed by atoms with van der Waals surface area (Å²) in [6.07, 6.45) is 0. The number of halogens is 1. The van der Waals surface area contributed by atoms with Crippen LogP contribution >= 0.6 is 15.9 Å². The molecule has 0 atom stereocenters. The van der Waals surface area contributed by atoms with Crippen molar-refractivity contribution in [3.05, 3.63) is 73.0 Å². The number of nitrogens with zero attached hydrogens (tertiary/aromatic N) is 1. The fraction of sp³-hybridized carbons (Fsp3) is 0.167. The van der Waals surface area contributed by atoms with Crippen LogP contribution in [0.1, 0.15) is 5.56 Å². The van der Waals surface area contributed by atoms with Gasteiger partial charge in [-0.25, -0.2) is 4.79 Å². The Hall–Kier alpha value is -2.91. The normalized spacial score (nSPS) is 10.7. The summed E-state index contributed by atoms with van der Waals surface area (Å²) in [5.74, 6) is 0. The molecule has 0 saturated heterocycles. The third-order valence-electron chi connectivity index (χ3n) is 3.90. The van der Waals surface area contributed by atoms with Gasteiger partial charge in [0.15, 0.2) is 0 Å². The average Bonchev–Trinajstić information content (AvgIpc) is 2.64. The van der Waals surface area contributed by atoms with Gasteiger partial charge in [-0.2, -0.15) is 0 Å². The lowest BCUT2D eigenvalue weighted by molar-refractivity contribution is -0.384. The van der Waals surface area contributed by atoms with E-state index in [1.54, 1.807) is 12.1 Å². The lowest BCUT2D eigenvalue weighted by Crippen LogP contribution is -2.10. The highest BCUT2D eigenvalue weighted by molar-refractivity contribution is 9.10. The summed E-state index contributed by atoms with van der Waals surface area (Å²) in [5, 5.41) is 27.0. The van der Waals surface area contributed by atoms with E-state index >= 15 is 0 Å². The van der Waals surface area contributed by atoms with Crippen molar-refractivity contribution in [1.82, 2.24) is 0 Å². The van der Waals surface area contributed by atoms with Gasteiger partial charge in [0.2, 0.25) is 0 Å². The third kappa shape index (κ3) is 4.44. The molecule has 0 amide bonds. The summed E-state index contributed by atoms with van der Waals surface area (Å²) < 4.78 is 6.01. The number of nitro benzene ring substituents is 1. The molecule has 0 bridgehead atoms. The van der Waals surface area contributed by atoms with Crippen molar-refractivity contribution in [2.24, 2.45) is 0 Å². The first-order valence-corrected chi connectivity index (χ1v) is 8.86. The first-order chi connectivity index (χ1) is 13.0. The molecule has 8 nitrogen and oxygen atoms in total. The monoisotopic (exact) mass is 433 g/mol. The highest BCUT2D eigenvalue weighted by Crippen LogP contribution is 2.28. The number of aliphatic hydroxyl groups excluding tert-OH is 1. The largest absolute Gasteiger partial charge is 0.423 e. The Morgan fingerprint density at radius 1 is 1.11 bits per heavy atom. The van der Waals surface area contributed by atoms with Crippen molar-refractivity contribution in [1.29, 1.82) is 0 Å². The maximum atomic E-state index is 11.8. The van der Waals surface area contributed by atoms with Gasteiger partial charge in [0, 0.05) is 41.1 Å². The Labute approximate surface area is 162 Å². The summed E-state index contributed by atoms with van der Waals surface area (Å²) in [6.45, 7) is 0.493. The molecule has 9 heteroatoms. The van der Waals surface area contributed by atoms with Gasteiger partial charge in [0.1, 0.15) is 5.58 Å². The van der Waals surface area contributed by atoms with Gasteiger partial charge >= 0.3 is 5.63 Å². The Kier molecular flexibility index (Phi) is 5.72. The molecule has 0 aliphatic rings. The molecule has 0 spiro atoms. The van der Waals surface area contributed by atoms with Gasteiger partial charge in [-0.15, -0.1) is 0 Å². The van der Waals surface area contributed by atoms with Crippen LogP contribution in [-0.2, 0) is 6.54 Å². The topological polar surface area (TPSA) is 118 Å². The molecule has 0 unspecified atom stereocenters. The van der Waals surface area contributed by atoms with E-state index in [1.165, 1.54) is 18.2 Å². The number of hydrogen-bond acceptors (Lipinski definition) is 7. The van der Waals surface area contributed by atoms with Crippen LogP contribution in [0.25, 0.3) is 11.0 Å². The zero-order chi connectivity index (χ0) is 19.4. The fourth-order valence-electron chi connectivity index (χ4n) is 2.68. The predicted octanol–water partition coefficient (Wildman–Crippen LogP) is 3.48. The predicted molar refractivity (Wildman–Crippen MR) is 106 cm³/mol. The average molecular weight is 434 g/mol. The quantitative estimate of drug-likeness (QED) is 0.296. The summed E-state index contributed by atoms with van der Waals surface area (Å²) in [4.78, 5) is 22.4. The van der Waals surface area contributed by atoms with Crippen molar-refractivity contribution in [3.63, 3.8) is 0 Å². The maximum absolute atomic E-state index is 11.8. The summed E-state index contributed by atoms with van der Waals surface area (Å²) in [5.41, 5.74) is 1.73. The first-order valence-electron chi connectivity index (χ1n) is 8.07. The number of hydrogen-bond donors (Lipinski definition) is 3. The number of nitro groups is 1. The van der Waals surface area contributed by atoms with Crippen LogP contribution in [0.4, 0.5) is 17.1 Å². The lowest BCUT2D eigenvalue weighted by Gasteiger charge is -2.14. The van der Waals surface area contributed by atoms with E-state index in [0.29, 0.717) is 29.1 Å². The second-order valence-corrected chi connectivity index (χ2v) is 6.64. The van der Waals surface area contributed by atoms with Crippen LogP contribution in [0.3, 0.4) is 0 Å². The number of aliphatic hydroxyl groups is 1. The molecule has 140 valence electrons. The van der Waals surface area contributed by atoms with Crippen molar-refractivity contribution < 1.29 is 14.4 Å². The van der Waals surface area contributed by atoms with Crippen LogP contribution in [0, 0.1) is 10.1 Å². The highest BCUT2D eigenvalue weighted by atomic mass is 79.9. The van der Waals surface area contributed by atoms with E-state index in [4.69, 9.17) is 9.52 Å². The molecular formula is C18H16BrN3O5. The fourth-order valence-corrected chi connectivity index (χ4v) is 3.02. The summed E-state index contributed by atoms with van der Waals surface area (Å²) in [7, 11) is 0. The van der Waals surface area contributed by atoms with Crippen molar-refractivity contribution in [3.8, 4) is 0 Å². The molecule has 1 aromatic heterocycles. The van der Waals surface area contributed by atoms with Crippen LogP contribution in [0.2, 0.25) is 0 Å². The standard InChI is InChI=1S/C18H16BrN3O5/c19-12-1-3-14-11(7-18(24)27-17(14)8-12)10-21-16-9-13(22(25)26)2-4-15(16)20-5-6-23/h1-4,7-9,20-21,23H,5-6,10H2. The van der Waals surface area contributed by atoms with E-state index in [0.717, 1.165) is 9.86 Å². The van der Waals surface area contributed by atoms with Gasteiger partial charge in [0.25, 0.3) is 5.69 Å². The van der Waals surface area contributed by atoms with E-state index in [9.17, 15) is 14.9 Å².